The minimum absolute atomic E-state index is 0.0476. The zero-order valence-electron chi connectivity index (χ0n) is 22.6. The molecule has 9 nitrogen and oxygen atoms in total. The smallest absolute Gasteiger partial charge is 0.301 e. The summed E-state index contributed by atoms with van der Waals surface area (Å²) in [5.74, 6) is 0.388. The van der Waals surface area contributed by atoms with Crippen molar-refractivity contribution in [2.75, 3.05) is 31.3 Å². The highest BCUT2D eigenvalue weighted by atomic mass is 32.1. The molecule has 0 aliphatic carbocycles. The molecule has 1 unspecified atom stereocenters. The van der Waals surface area contributed by atoms with Gasteiger partial charge < -0.3 is 24.1 Å². The molecule has 210 valence electrons. The standard InChI is InChI=1S/C31H28N2O7S/c1-3-12-38-20-7-5-6-18(15-20)27-26(28(34)19-8-11-23-24(16-19)40-14-13-39-23)29(35)30(36)33(27)31-32-22-10-9-21(37-4-2)17-25(22)41-31/h5-11,15-17,27,34H,3-4,12-14H2,1-2H3/b28-26-. The summed E-state index contributed by atoms with van der Waals surface area (Å²) >= 11 is 1.27. The topological polar surface area (TPSA) is 107 Å². The van der Waals surface area contributed by atoms with Gasteiger partial charge in [0.15, 0.2) is 16.6 Å². The molecule has 2 aliphatic heterocycles. The number of Topliss-reactive ketones (excluding diaryl/α,β-unsaturated/α-hetero) is 1. The number of ketones is 1. The van der Waals surface area contributed by atoms with Gasteiger partial charge in [-0.05, 0) is 67.4 Å². The van der Waals surface area contributed by atoms with Crippen molar-refractivity contribution in [3.63, 3.8) is 0 Å². The molecule has 0 radical (unpaired) electrons. The van der Waals surface area contributed by atoms with Crippen molar-refractivity contribution in [2.45, 2.75) is 26.3 Å². The monoisotopic (exact) mass is 572 g/mol. The van der Waals surface area contributed by atoms with Crippen LogP contribution in [0.5, 0.6) is 23.0 Å². The SMILES string of the molecule is CCCOc1cccc(C2/C(=C(/O)c3ccc4c(c3)OCCO4)C(=O)C(=O)N2c2nc3ccc(OCC)cc3s2)c1. The molecule has 41 heavy (non-hydrogen) atoms. The van der Waals surface area contributed by atoms with E-state index in [9.17, 15) is 14.7 Å². The molecule has 0 saturated carbocycles. The van der Waals surface area contributed by atoms with Gasteiger partial charge in [0.1, 0.15) is 30.5 Å². The average molecular weight is 573 g/mol. The van der Waals surface area contributed by atoms with Crippen molar-refractivity contribution in [3.05, 3.63) is 77.4 Å². The lowest BCUT2D eigenvalue weighted by molar-refractivity contribution is -0.132. The minimum atomic E-state index is -0.944. The van der Waals surface area contributed by atoms with E-state index in [1.807, 2.05) is 38.1 Å². The normalized spacial score (nSPS) is 17.7. The second-order valence-electron chi connectivity index (χ2n) is 9.51. The number of thiazole rings is 1. The first-order valence-corrected chi connectivity index (χ1v) is 14.3. The van der Waals surface area contributed by atoms with Crippen LogP contribution >= 0.6 is 11.3 Å². The number of benzene rings is 3. The van der Waals surface area contributed by atoms with E-state index in [0.717, 1.165) is 11.1 Å². The molecule has 1 aromatic heterocycles. The third-order valence-corrected chi connectivity index (χ3v) is 7.79. The van der Waals surface area contributed by atoms with Crippen molar-refractivity contribution in [2.24, 2.45) is 0 Å². The third-order valence-electron chi connectivity index (χ3n) is 6.77. The van der Waals surface area contributed by atoms with Crippen LogP contribution in [-0.2, 0) is 9.59 Å². The van der Waals surface area contributed by atoms with Crippen molar-refractivity contribution in [1.82, 2.24) is 4.98 Å². The van der Waals surface area contributed by atoms with Gasteiger partial charge in [0.05, 0.1) is 35.0 Å². The van der Waals surface area contributed by atoms with Crippen molar-refractivity contribution < 1.29 is 33.6 Å². The molecule has 0 spiro atoms. The molecule has 10 heteroatoms. The molecular weight excluding hydrogens is 544 g/mol. The van der Waals surface area contributed by atoms with Gasteiger partial charge in [-0.3, -0.25) is 14.5 Å². The van der Waals surface area contributed by atoms with Crippen LogP contribution in [-0.4, -0.2) is 48.2 Å². The molecule has 1 atom stereocenters. The fourth-order valence-corrected chi connectivity index (χ4v) is 5.96. The van der Waals surface area contributed by atoms with E-state index in [1.54, 1.807) is 36.4 Å². The number of hydrogen-bond acceptors (Lipinski definition) is 9. The molecule has 2 aliphatic rings. The van der Waals surface area contributed by atoms with Crippen LogP contribution < -0.4 is 23.8 Å². The van der Waals surface area contributed by atoms with Crippen LogP contribution in [0.25, 0.3) is 16.0 Å². The van der Waals surface area contributed by atoms with E-state index in [4.69, 9.17) is 23.9 Å². The largest absolute Gasteiger partial charge is 0.507 e. The number of aromatic nitrogens is 1. The predicted molar refractivity (Wildman–Crippen MR) is 155 cm³/mol. The highest BCUT2D eigenvalue weighted by Crippen LogP contribution is 2.46. The summed E-state index contributed by atoms with van der Waals surface area (Å²) in [5.41, 5.74) is 1.56. The van der Waals surface area contributed by atoms with Gasteiger partial charge in [0, 0.05) is 5.56 Å². The molecule has 6 rings (SSSR count). The fourth-order valence-electron chi connectivity index (χ4n) is 4.94. The number of nitrogens with zero attached hydrogens (tertiary/aromatic N) is 2. The number of amides is 1. The Balaban J connectivity index is 1.50. The summed E-state index contributed by atoms with van der Waals surface area (Å²) in [5, 5.41) is 11.9. The Hall–Kier alpha value is -4.57. The van der Waals surface area contributed by atoms with E-state index in [1.165, 1.54) is 16.2 Å². The highest BCUT2D eigenvalue weighted by molar-refractivity contribution is 7.22. The Morgan fingerprint density at radius 2 is 1.80 bits per heavy atom. The average Bonchev–Trinajstić information content (AvgIpc) is 3.53. The Labute approximate surface area is 240 Å². The third kappa shape index (κ3) is 4.95. The molecule has 4 aromatic rings. The van der Waals surface area contributed by atoms with E-state index >= 15 is 0 Å². The van der Waals surface area contributed by atoms with Crippen LogP contribution in [0.15, 0.2) is 66.2 Å². The van der Waals surface area contributed by atoms with Crippen LogP contribution in [0.1, 0.15) is 37.4 Å². The summed E-state index contributed by atoms with van der Waals surface area (Å²) in [7, 11) is 0. The number of ether oxygens (including phenoxy) is 4. The maximum atomic E-state index is 13.7. The number of anilines is 1. The predicted octanol–water partition coefficient (Wildman–Crippen LogP) is 5.88. The molecule has 1 N–H and O–H groups in total. The van der Waals surface area contributed by atoms with Crippen LogP contribution in [0.3, 0.4) is 0 Å². The van der Waals surface area contributed by atoms with Crippen LogP contribution in [0.4, 0.5) is 5.13 Å². The summed E-state index contributed by atoms with van der Waals surface area (Å²) in [6.45, 7) is 5.74. The second kappa shape index (κ2) is 11.1. The summed E-state index contributed by atoms with van der Waals surface area (Å²) in [6, 6.07) is 16.7. The quantitative estimate of drug-likeness (QED) is 0.158. The van der Waals surface area contributed by atoms with Gasteiger partial charge in [-0.1, -0.05) is 30.4 Å². The number of rotatable bonds is 8. The number of aliphatic hydroxyl groups excluding tert-OH is 1. The van der Waals surface area contributed by atoms with Gasteiger partial charge >= 0.3 is 5.91 Å². The van der Waals surface area contributed by atoms with Crippen molar-refractivity contribution in [1.29, 1.82) is 0 Å². The number of carbonyl (C=O) groups is 2. The maximum Gasteiger partial charge on any atom is 0.301 e. The molecular formula is C31H28N2O7S. The minimum Gasteiger partial charge on any atom is -0.507 e. The number of aliphatic hydroxyl groups is 1. The van der Waals surface area contributed by atoms with Gasteiger partial charge in [0.25, 0.3) is 5.78 Å². The first kappa shape index (κ1) is 26.6. The molecule has 3 heterocycles. The van der Waals surface area contributed by atoms with Crippen molar-refractivity contribution in [3.8, 4) is 23.0 Å². The van der Waals surface area contributed by atoms with Gasteiger partial charge in [-0.15, -0.1) is 0 Å². The van der Waals surface area contributed by atoms with Crippen molar-refractivity contribution >= 4 is 44.1 Å². The molecule has 0 bridgehead atoms. The first-order valence-electron chi connectivity index (χ1n) is 13.5. The molecule has 1 fully saturated rings. The Morgan fingerprint density at radius 3 is 2.61 bits per heavy atom. The number of hydrogen-bond donors (Lipinski definition) is 1. The Bertz CT molecular complexity index is 1680. The fraction of sp³-hybridized carbons (Fsp3) is 0.258. The van der Waals surface area contributed by atoms with Crippen LogP contribution in [0, 0.1) is 0 Å². The maximum absolute atomic E-state index is 13.7. The zero-order valence-corrected chi connectivity index (χ0v) is 23.4. The lowest BCUT2D eigenvalue weighted by Gasteiger charge is -2.23. The van der Waals surface area contributed by atoms with E-state index < -0.39 is 17.7 Å². The van der Waals surface area contributed by atoms with Crippen LogP contribution in [0.2, 0.25) is 0 Å². The first-order chi connectivity index (χ1) is 20.0. The lowest BCUT2D eigenvalue weighted by Crippen LogP contribution is -2.29. The van der Waals surface area contributed by atoms with E-state index in [2.05, 4.69) is 0 Å². The lowest BCUT2D eigenvalue weighted by atomic mass is 9.95. The van der Waals surface area contributed by atoms with Gasteiger partial charge in [-0.2, -0.15) is 0 Å². The molecule has 1 amide bonds. The number of carbonyl (C=O) groups excluding carboxylic acids is 2. The molecule has 1 saturated heterocycles. The van der Waals surface area contributed by atoms with E-state index in [0.29, 0.717) is 71.2 Å². The van der Waals surface area contributed by atoms with E-state index in [-0.39, 0.29) is 11.3 Å². The van der Waals surface area contributed by atoms with Gasteiger partial charge in [0.2, 0.25) is 0 Å². The Kier molecular flexibility index (Phi) is 7.23. The zero-order chi connectivity index (χ0) is 28.5. The summed E-state index contributed by atoms with van der Waals surface area (Å²) < 4.78 is 23.6. The Morgan fingerprint density at radius 1 is 1.00 bits per heavy atom. The highest BCUT2D eigenvalue weighted by Gasteiger charge is 2.48. The van der Waals surface area contributed by atoms with Gasteiger partial charge in [-0.25, -0.2) is 4.98 Å². The molecule has 3 aromatic carbocycles. The second-order valence-corrected chi connectivity index (χ2v) is 10.5. The summed E-state index contributed by atoms with van der Waals surface area (Å²) in [6.07, 6.45) is 0.822. The summed E-state index contributed by atoms with van der Waals surface area (Å²) in [4.78, 5) is 33.4. The number of fused-ring (bicyclic) bond motifs is 2.